The maximum atomic E-state index is 12.9. The second kappa shape index (κ2) is 14.2. The fourth-order valence-electron chi connectivity index (χ4n) is 2.58. The predicted octanol–water partition coefficient (Wildman–Crippen LogP) is 4.89. The van der Waals surface area contributed by atoms with E-state index in [0.717, 1.165) is 18.9 Å². The highest BCUT2D eigenvalue weighted by molar-refractivity contribution is 5.47. The summed E-state index contributed by atoms with van der Waals surface area (Å²) in [4.78, 5) is 15.3. The van der Waals surface area contributed by atoms with Crippen molar-refractivity contribution in [3.8, 4) is 5.75 Å². The minimum atomic E-state index is -0.805. The number of halogens is 2. The quantitative estimate of drug-likeness (QED) is 0.544. The van der Waals surface area contributed by atoms with Crippen LogP contribution < -0.4 is 4.90 Å². The third-order valence-corrected chi connectivity index (χ3v) is 4.07. The Morgan fingerprint density at radius 2 is 1.80 bits per heavy atom. The number of benzene rings is 1. The van der Waals surface area contributed by atoms with Crippen LogP contribution in [0.15, 0.2) is 42.6 Å². The van der Waals surface area contributed by atoms with Crippen LogP contribution in [0.25, 0.3) is 0 Å². The van der Waals surface area contributed by atoms with Crippen LogP contribution >= 0.6 is 0 Å². The number of pyridine rings is 1. The predicted molar refractivity (Wildman–Crippen MR) is 112 cm³/mol. The zero-order valence-electron chi connectivity index (χ0n) is 17.3. The average Bonchev–Trinajstić information content (AvgIpc) is 3.47. The Hall–Kier alpha value is -2.81. The van der Waals surface area contributed by atoms with Gasteiger partial charge in [-0.25, -0.2) is 8.78 Å². The summed E-state index contributed by atoms with van der Waals surface area (Å²) in [6.07, 6.45) is 3.67. The van der Waals surface area contributed by atoms with E-state index in [4.69, 9.17) is 9.84 Å². The van der Waals surface area contributed by atoms with Gasteiger partial charge in [-0.3, -0.25) is 0 Å². The molecule has 3 heterocycles. The SMILES string of the molecule is C1CCOC1.CC.O=[N+]([O-])c1ccc(N2CCC(F)C2)cn1.Oc1ccc(F)cc1. The lowest BCUT2D eigenvalue weighted by molar-refractivity contribution is -0.389. The molecule has 0 aliphatic carbocycles. The van der Waals surface area contributed by atoms with Crippen LogP contribution in [0.2, 0.25) is 0 Å². The van der Waals surface area contributed by atoms with Gasteiger partial charge in [-0.1, -0.05) is 13.8 Å². The molecule has 9 heteroatoms. The van der Waals surface area contributed by atoms with Gasteiger partial charge in [0.15, 0.2) is 6.20 Å². The molecule has 2 aromatic rings. The van der Waals surface area contributed by atoms with Crippen LogP contribution in [0.4, 0.5) is 20.3 Å². The first-order valence-corrected chi connectivity index (χ1v) is 9.97. The van der Waals surface area contributed by atoms with Gasteiger partial charge >= 0.3 is 5.82 Å². The molecule has 166 valence electrons. The molecular formula is C21H29F2N3O4. The monoisotopic (exact) mass is 425 g/mol. The van der Waals surface area contributed by atoms with Gasteiger partial charge in [0.05, 0.1) is 5.69 Å². The Balaban J connectivity index is 0.000000250. The molecule has 4 rings (SSSR count). The molecule has 0 radical (unpaired) electrons. The van der Waals surface area contributed by atoms with Crippen molar-refractivity contribution < 1.29 is 23.5 Å². The van der Waals surface area contributed by atoms with Crippen molar-refractivity contribution in [2.75, 3.05) is 31.2 Å². The van der Waals surface area contributed by atoms with E-state index in [1.807, 2.05) is 18.7 Å². The van der Waals surface area contributed by atoms with E-state index < -0.39 is 11.1 Å². The normalized spacial score (nSPS) is 16.9. The molecule has 1 atom stereocenters. The number of anilines is 1. The highest BCUT2D eigenvalue weighted by Gasteiger charge is 2.23. The third-order valence-electron chi connectivity index (χ3n) is 4.07. The lowest BCUT2D eigenvalue weighted by Gasteiger charge is -2.14. The highest BCUT2D eigenvalue weighted by atomic mass is 19.1. The average molecular weight is 425 g/mol. The summed E-state index contributed by atoms with van der Waals surface area (Å²) < 4.78 is 29.8. The van der Waals surface area contributed by atoms with Crippen molar-refractivity contribution in [3.05, 3.63) is 58.5 Å². The number of hydrogen-bond acceptors (Lipinski definition) is 6. The van der Waals surface area contributed by atoms with E-state index in [2.05, 4.69) is 4.98 Å². The van der Waals surface area contributed by atoms with E-state index in [0.29, 0.717) is 19.5 Å². The summed E-state index contributed by atoms with van der Waals surface area (Å²) in [5, 5.41) is 18.9. The summed E-state index contributed by atoms with van der Waals surface area (Å²) >= 11 is 0. The summed E-state index contributed by atoms with van der Waals surface area (Å²) in [5.74, 6) is -0.427. The van der Waals surface area contributed by atoms with E-state index in [9.17, 15) is 18.9 Å². The van der Waals surface area contributed by atoms with E-state index >= 15 is 0 Å². The standard InChI is InChI=1S/C9H10FN3O2.C6H5FO.C4H8O.C2H6/c10-7-3-4-12(6-7)8-1-2-9(11-5-8)13(14)15;7-5-1-3-6(8)4-2-5;1-2-4-5-3-1;1-2/h1-2,5,7H,3-4,6H2;1-4,8H;1-4H2;1-2H3. The molecule has 0 saturated carbocycles. The number of phenolic OH excluding ortho intramolecular Hbond substituents is 1. The lowest BCUT2D eigenvalue weighted by atomic mass is 10.3. The summed E-state index contributed by atoms with van der Waals surface area (Å²) in [5.41, 5.74) is 0.737. The minimum Gasteiger partial charge on any atom is -0.508 e. The molecule has 1 aromatic carbocycles. The lowest BCUT2D eigenvalue weighted by Crippen LogP contribution is -2.19. The van der Waals surface area contributed by atoms with Crippen LogP contribution in [0.3, 0.4) is 0 Å². The van der Waals surface area contributed by atoms with E-state index in [1.54, 1.807) is 6.07 Å². The number of hydrogen-bond donors (Lipinski definition) is 1. The van der Waals surface area contributed by atoms with Crippen molar-refractivity contribution in [1.29, 1.82) is 0 Å². The Morgan fingerprint density at radius 3 is 2.17 bits per heavy atom. The Kier molecular flexibility index (Phi) is 12.0. The molecule has 30 heavy (non-hydrogen) atoms. The van der Waals surface area contributed by atoms with Gasteiger partial charge in [0.25, 0.3) is 0 Å². The van der Waals surface area contributed by atoms with Crippen LogP contribution in [0, 0.1) is 15.9 Å². The second-order valence-corrected chi connectivity index (χ2v) is 6.26. The van der Waals surface area contributed by atoms with Crippen molar-refractivity contribution >= 4 is 11.5 Å². The summed E-state index contributed by atoms with van der Waals surface area (Å²) in [6.45, 7) is 6.99. The topological polar surface area (TPSA) is 88.7 Å². The zero-order chi connectivity index (χ0) is 22.4. The van der Waals surface area contributed by atoms with Crippen LogP contribution in [-0.4, -0.2) is 47.5 Å². The number of alkyl halides is 1. The van der Waals surface area contributed by atoms with E-state index in [1.165, 1.54) is 49.4 Å². The molecule has 0 amide bonds. The molecule has 0 spiro atoms. The largest absolute Gasteiger partial charge is 0.508 e. The van der Waals surface area contributed by atoms with Gasteiger partial charge in [0.1, 0.15) is 17.7 Å². The number of aromatic nitrogens is 1. The molecule has 2 saturated heterocycles. The maximum Gasteiger partial charge on any atom is 0.363 e. The number of nitrogens with zero attached hydrogens (tertiary/aromatic N) is 3. The molecule has 7 nitrogen and oxygen atoms in total. The maximum absolute atomic E-state index is 12.9. The van der Waals surface area contributed by atoms with Crippen molar-refractivity contribution in [3.63, 3.8) is 0 Å². The van der Waals surface area contributed by atoms with Crippen molar-refractivity contribution in [2.45, 2.75) is 39.3 Å². The van der Waals surface area contributed by atoms with Crippen LogP contribution in [-0.2, 0) is 4.74 Å². The smallest absolute Gasteiger partial charge is 0.363 e. The molecular weight excluding hydrogens is 396 g/mol. The van der Waals surface area contributed by atoms with Crippen molar-refractivity contribution in [2.24, 2.45) is 0 Å². The first kappa shape index (κ1) is 25.2. The van der Waals surface area contributed by atoms with Gasteiger partial charge in [0.2, 0.25) is 0 Å². The van der Waals surface area contributed by atoms with Gasteiger partial charge in [0, 0.05) is 32.4 Å². The van der Waals surface area contributed by atoms with Gasteiger partial charge in [-0.2, -0.15) is 0 Å². The fourth-order valence-corrected chi connectivity index (χ4v) is 2.58. The third kappa shape index (κ3) is 9.60. The van der Waals surface area contributed by atoms with E-state index in [-0.39, 0.29) is 17.4 Å². The minimum absolute atomic E-state index is 0.0893. The molecule has 2 aliphatic heterocycles. The van der Waals surface area contributed by atoms with Gasteiger partial charge in [-0.05, 0) is 59.5 Å². The number of ether oxygens (including phenoxy) is 1. The molecule has 0 bridgehead atoms. The molecule has 2 fully saturated rings. The Morgan fingerprint density at radius 1 is 1.17 bits per heavy atom. The van der Waals surface area contributed by atoms with Crippen LogP contribution in [0.1, 0.15) is 33.1 Å². The summed E-state index contributed by atoms with van der Waals surface area (Å²) in [7, 11) is 0. The van der Waals surface area contributed by atoms with Gasteiger partial charge in [-0.15, -0.1) is 0 Å². The second-order valence-electron chi connectivity index (χ2n) is 6.26. The fraction of sp³-hybridized carbons (Fsp3) is 0.476. The summed E-state index contributed by atoms with van der Waals surface area (Å²) in [6, 6.07) is 7.94. The molecule has 1 aromatic heterocycles. The first-order chi connectivity index (χ1) is 14.5. The van der Waals surface area contributed by atoms with Crippen LogP contribution in [0.5, 0.6) is 5.75 Å². The first-order valence-electron chi connectivity index (χ1n) is 9.97. The van der Waals surface area contributed by atoms with Gasteiger partial charge < -0.3 is 24.9 Å². The molecule has 1 N–H and O–H groups in total. The molecule has 1 unspecified atom stereocenters. The Labute approximate surface area is 175 Å². The van der Waals surface area contributed by atoms with Crippen molar-refractivity contribution in [1.82, 2.24) is 4.98 Å². The highest BCUT2D eigenvalue weighted by Crippen LogP contribution is 2.22. The number of phenols is 1. The number of rotatable bonds is 2. The Bertz CT molecular complexity index is 697. The molecule has 2 aliphatic rings. The zero-order valence-corrected chi connectivity index (χ0v) is 17.3. The number of nitro groups is 1. The number of aromatic hydroxyl groups is 1.